The highest BCUT2D eigenvalue weighted by Crippen LogP contribution is 2.37. The van der Waals surface area contributed by atoms with Crippen LogP contribution in [0.2, 0.25) is 0 Å². The first kappa shape index (κ1) is 31.6. The SMILES string of the molecule is COc1ccc(C)cc1-n1c(C(C)N(CC(C)C)C(=O)c2cc(C(F)(F)F)cc(C(F)(F)F)c2)nc2ccccc2c1=O. The molecule has 0 N–H and O–H groups in total. The van der Waals surface area contributed by atoms with Gasteiger partial charge in [-0.15, -0.1) is 0 Å². The van der Waals surface area contributed by atoms with Crippen molar-refractivity contribution in [2.24, 2.45) is 5.92 Å². The highest BCUT2D eigenvalue weighted by molar-refractivity contribution is 5.95. The largest absolute Gasteiger partial charge is 0.495 e. The van der Waals surface area contributed by atoms with Gasteiger partial charge in [0.25, 0.3) is 11.5 Å². The summed E-state index contributed by atoms with van der Waals surface area (Å²) in [7, 11) is 1.41. The molecule has 228 valence electrons. The van der Waals surface area contributed by atoms with E-state index in [4.69, 9.17) is 4.74 Å². The van der Waals surface area contributed by atoms with Gasteiger partial charge < -0.3 is 9.64 Å². The van der Waals surface area contributed by atoms with Crippen molar-refractivity contribution >= 4 is 16.8 Å². The molecule has 4 rings (SSSR count). The summed E-state index contributed by atoms with van der Waals surface area (Å²) in [6.45, 7) is 6.74. The van der Waals surface area contributed by atoms with Gasteiger partial charge in [-0.2, -0.15) is 26.3 Å². The third-order valence-corrected chi connectivity index (χ3v) is 6.88. The van der Waals surface area contributed by atoms with Gasteiger partial charge >= 0.3 is 12.4 Å². The average molecular weight is 606 g/mol. The molecule has 1 amide bonds. The number of alkyl halides is 6. The molecule has 0 aliphatic rings. The normalized spacial score (nSPS) is 12.9. The molecule has 0 aliphatic heterocycles. The van der Waals surface area contributed by atoms with E-state index < -0.39 is 46.6 Å². The number of rotatable bonds is 7. The Morgan fingerprint density at radius 2 is 1.53 bits per heavy atom. The fourth-order valence-corrected chi connectivity index (χ4v) is 4.83. The van der Waals surface area contributed by atoms with Crippen LogP contribution in [0.15, 0.2) is 65.5 Å². The van der Waals surface area contributed by atoms with E-state index in [9.17, 15) is 35.9 Å². The monoisotopic (exact) mass is 605 g/mol. The molecule has 0 aliphatic carbocycles. The quantitative estimate of drug-likeness (QED) is 0.204. The van der Waals surface area contributed by atoms with Crippen molar-refractivity contribution in [3.8, 4) is 11.4 Å². The summed E-state index contributed by atoms with van der Waals surface area (Å²) in [6.07, 6.45) is -10.3. The van der Waals surface area contributed by atoms with Gasteiger partial charge in [0.05, 0.1) is 40.9 Å². The topological polar surface area (TPSA) is 64.4 Å². The number of hydrogen-bond donors (Lipinski definition) is 0. The van der Waals surface area contributed by atoms with Crippen LogP contribution in [0.4, 0.5) is 26.3 Å². The van der Waals surface area contributed by atoms with E-state index in [1.807, 2.05) is 0 Å². The van der Waals surface area contributed by atoms with Gasteiger partial charge in [-0.25, -0.2) is 4.98 Å². The molecule has 1 atom stereocenters. The van der Waals surface area contributed by atoms with Crippen LogP contribution in [0.5, 0.6) is 5.75 Å². The molecule has 0 bridgehead atoms. The van der Waals surface area contributed by atoms with E-state index in [0.717, 1.165) is 10.5 Å². The minimum absolute atomic E-state index is 0.0282. The van der Waals surface area contributed by atoms with Crippen molar-refractivity contribution in [2.75, 3.05) is 13.7 Å². The zero-order valence-corrected chi connectivity index (χ0v) is 24.0. The van der Waals surface area contributed by atoms with E-state index in [0.29, 0.717) is 29.1 Å². The number of amides is 1. The highest BCUT2D eigenvalue weighted by Gasteiger charge is 2.39. The molecule has 0 radical (unpaired) electrons. The second kappa shape index (κ2) is 11.7. The number of methoxy groups -OCH3 is 1. The zero-order chi connectivity index (χ0) is 31.9. The summed E-state index contributed by atoms with van der Waals surface area (Å²) in [6, 6.07) is 11.3. The summed E-state index contributed by atoms with van der Waals surface area (Å²) in [4.78, 5) is 33.6. The summed E-state index contributed by atoms with van der Waals surface area (Å²) in [5, 5.41) is 0.261. The minimum atomic E-state index is -5.13. The number of benzene rings is 3. The summed E-state index contributed by atoms with van der Waals surface area (Å²) in [5.74, 6) is -0.978. The van der Waals surface area contributed by atoms with Crippen molar-refractivity contribution in [1.82, 2.24) is 14.5 Å². The van der Waals surface area contributed by atoms with Crippen LogP contribution in [-0.4, -0.2) is 34.0 Å². The van der Waals surface area contributed by atoms with Crippen LogP contribution in [0.1, 0.15) is 59.7 Å². The van der Waals surface area contributed by atoms with Crippen molar-refractivity contribution in [3.05, 3.63) is 99.1 Å². The molecule has 4 aromatic rings. The molecule has 1 heterocycles. The molecule has 12 heteroatoms. The molecule has 3 aromatic carbocycles. The number of hydrogen-bond acceptors (Lipinski definition) is 4. The van der Waals surface area contributed by atoms with Gasteiger partial charge in [0, 0.05) is 12.1 Å². The van der Waals surface area contributed by atoms with Crippen LogP contribution < -0.4 is 10.3 Å². The molecule has 0 fully saturated rings. The molecule has 43 heavy (non-hydrogen) atoms. The van der Waals surface area contributed by atoms with E-state index in [2.05, 4.69) is 4.98 Å². The number of carbonyl (C=O) groups is 1. The molecule has 1 aromatic heterocycles. The molecular weight excluding hydrogens is 576 g/mol. The number of nitrogens with zero attached hydrogens (tertiary/aromatic N) is 3. The second-order valence-electron chi connectivity index (χ2n) is 10.6. The van der Waals surface area contributed by atoms with Crippen molar-refractivity contribution in [3.63, 3.8) is 0 Å². The van der Waals surface area contributed by atoms with Crippen LogP contribution in [0.3, 0.4) is 0 Å². The maximum Gasteiger partial charge on any atom is 0.416 e. The standard InChI is InChI=1S/C31H29F6N3O3/c1-17(2)16-39(28(41)20-13-21(30(32,33)34)15-22(14-20)31(35,36)37)19(4)27-38-24-9-7-6-8-23(24)29(42)40(27)25-12-18(3)10-11-26(25)43-5/h6-15,17,19H,16H2,1-5H3. The zero-order valence-electron chi connectivity index (χ0n) is 24.0. The Balaban J connectivity index is 1.98. The van der Waals surface area contributed by atoms with Crippen molar-refractivity contribution in [1.29, 1.82) is 0 Å². The van der Waals surface area contributed by atoms with Gasteiger partial charge in [0.15, 0.2) is 0 Å². The number of carbonyl (C=O) groups excluding carboxylic acids is 1. The molecule has 6 nitrogen and oxygen atoms in total. The van der Waals surface area contributed by atoms with E-state index in [1.165, 1.54) is 18.6 Å². The first-order valence-corrected chi connectivity index (χ1v) is 13.3. The third-order valence-electron chi connectivity index (χ3n) is 6.88. The lowest BCUT2D eigenvalue weighted by atomic mass is 10.0. The number of para-hydroxylation sites is 1. The molecule has 0 saturated heterocycles. The number of fused-ring (bicyclic) bond motifs is 1. The molecule has 1 unspecified atom stereocenters. The van der Waals surface area contributed by atoms with Crippen LogP contribution in [-0.2, 0) is 12.4 Å². The first-order chi connectivity index (χ1) is 20.0. The molecular formula is C31H29F6N3O3. The fourth-order valence-electron chi connectivity index (χ4n) is 4.83. The lowest BCUT2D eigenvalue weighted by Crippen LogP contribution is -2.39. The lowest BCUT2D eigenvalue weighted by molar-refractivity contribution is -0.143. The van der Waals surface area contributed by atoms with E-state index >= 15 is 0 Å². The van der Waals surface area contributed by atoms with Gasteiger partial charge in [-0.1, -0.05) is 32.0 Å². The molecule has 0 saturated carbocycles. The van der Waals surface area contributed by atoms with Gasteiger partial charge in [0.2, 0.25) is 0 Å². The van der Waals surface area contributed by atoms with Crippen molar-refractivity contribution < 1.29 is 35.9 Å². The summed E-state index contributed by atoms with van der Waals surface area (Å²) in [5.41, 5.74) is -3.12. The Morgan fingerprint density at radius 3 is 2.09 bits per heavy atom. The van der Waals surface area contributed by atoms with Crippen molar-refractivity contribution in [2.45, 2.75) is 46.1 Å². The highest BCUT2D eigenvalue weighted by atomic mass is 19.4. The smallest absolute Gasteiger partial charge is 0.416 e. The Labute approximate surface area is 243 Å². The van der Waals surface area contributed by atoms with E-state index in [-0.39, 0.29) is 29.7 Å². The Hall–Kier alpha value is -4.35. The lowest BCUT2D eigenvalue weighted by Gasteiger charge is -2.32. The predicted molar refractivity (Wildman–Crippen MR) is 149 cm³/mol. The third kappa shape index (κ3) is 6.52. The average Bonchev–Trinajstić information content (AvgIpc) is 2.94. The maximum absolute atomic E-state index is 13.9. The van der Waals surface area contributed by atoms with Crippen LogP contribution in [0, 0.1) is 12.8 Å². The Kier molecular flexibility index (Phi) is 8.62. The van der Waals surface area contributed by atoms with Gasteiger partial charge in [-0.05, 0) is 67.8 Å². The van der Waals surface area contributed by atoms with Crippen LogP contribution >= 0.6 is 0 Å². The van der Waals surface area contributed by atoms with Gasteiger partial charge in [-0.3, -0.25) is 14.2 Å². The Morgan fingerprint density at radius 1 is 0.930 bits per heavy atom. The predicted octanol–water partition coefficient (Wildman–Crippen LogP) is 7.60. The first-order valence-electron chi connectivity index (χ1n) is 13.3. The van der Waals surface area contributed by atoms with Gasteiger partial charge in [0.1, 0.15) is 11.6 Å². The minimum Gasteiger partial charge on any atom is -0.495 e. The number of aryl methyl sites for hydroxylation is 1. The second-order valence-corrected chi connectivity index (χ2v) is 10.6. The Bertz CT molecular complexity index is 1690. The van der Waals surface area contributed by atoms with Crippen LogP contribution in [0.25, 0.3) is 16.6 Å². The summed E-state index contributed by atoms with van der Waals surface area (Å²) >= 11 is 0. The molecule has 0 spiro atoms. The number of ether oxygens (including phenoxy) is 1. The van der Waals surface area contributed by atoms with E-state index in [1.54, 1.807) is 63.2 Å². The number of halogens is 6. The summed E-state index contributed by atoms with van der Waals surface area (Å²) < 4.78 is 88.5. The number of aromatic nitrogens is 2. The fraction of sp³-hybridized carbons (Fsp3) is 0.323. The maximum atomic E-state index is 13.9.